The second-order valence-corrected chi connectivity index (χ2v) is 2.42. The molecule has 0 unspecified atom stereocenters. The molecule has 11 heavy (non-hydrogen) atoms. The van der Waals surface area contributed by atoms with Crippen molar-refractivity contribution in [2.45, 2.75) is 26.2 Å². The summed E-state index contributed by atoms with van der Waals surface area (Å²) in [6.07, 6.45) is 5.83. The van der Waals surface area contributed by atoms with Crippen molar-refractivity contribution in [3.63, 3.8) is 0 Å². The summed E-state index contributed by atoms with van der Waals surface area (Å²) in [5, 5.41) is 8.35. The van der Waals surface area contributed by atoms with E-state index in [-0.39, 0.29) is 6.42 Å². The maximum Gasteiger partial charge on any atom is 0.307 e. The molecule has 2 heteroatoms. The number of carboxylic acids is 1. The Labute approximate surface area is 67.2 Å². The standard InChI is InChI=1S/C9H14O2/c1-3-4-5-6-8(2)7-9(10)11/h5-6H,2-4,7H2,1H3,(H,10,11)/b6-5+. The molecule has 2 nitrogen and oxygen atoms in total. The summed E-state index contributed by atoms with van der Waals surface area (Å²) >= 11 is 0. The van der Waals surface area contributed by atoms with E-state index in [1.54, 1.807) is 6.08 Å². The van der Waals surface area contributed by atoms with Gasteiger partial charge in [0, 0.05) is 0 Å². The number of hydrogen-bond donors (Lipinski definition) is 1. The van der Waals surface area contributed by atoms with Crippen LogP contribution in [0, 0.1) is 0 Å². The number of allylic oxidation sites excluding steroid dienone is 2. The molecular weight excluding hydrogens is 140 g/mol. The van der Waals surface area contributed by atoms with Crippen LogP contribution in [0.4, 0.5) is 0 Å². The lowest BCUT2D eigenvalue weighted by Gasteiger charge is -1.92. The zero-order chi connectivity index (χ0) is 8.69. The first-order valence-electron chi connectivity index (χ1n) is 3.73. The van der Waals surface area contributed by atoms with Gasteiger partial charge < -0.3 is 5.11 Å². The summed E-state index contributed by atoms with van der Waals surface area (Å²) in [7, 11) is 0. The van der Waals surface area contributed by atoms with Gasteiger partial charge in [-0.15, -0.1) is 0 Å². The number of carbonyl (C=O) groups is 1. The van der Waals surface area contributed by atoms with E-state index >= 15 is 0 Å². The van der Waals surface area contributed by atoms with Crippen LogP contribution in [0.1, 0.15) is 26.2 Å². The van der Waals surface area contributed by atoms with Crippen LogP contribution in [-0.2, 0) is 4.79 Å². The van der Waals surface area contributed by atoms with Crippen LogP contribution < -0.4 is 0 Å². The zero-order valence-corrected chi connectivity index (χ0v) is 6.84. The lowest BCUT2D eigenvalue weighted by molar-refractivity contribution is -0.136. The van der Waals surface area contributed by atoms with E-state index < -0.39 is 5.97 Å². The van der Waals surface area contributed by atoms with Crippen molar-refractivity contribution in [3.05, 3.63) is 24.3 Å². The van der Waals surface area contributed by atoms with E-state index in [4.69, 9.17) is 5.11 Å². The quantitative estimate of drug-likeness (QED) is 0.617. The van der Waals surface area contributed by atoms with Gasteiger partial charge in [-0.2, -0.15) is 0 Å². The predicted octanol–water partition coefficient (Wildman–Crippen LogP) is 2.37. The second-order valence-electron chi connectivity index (χ2n) is 2.42. The Hall–Kier alpha value is -1.05. The summed E-state index contributed by atoms with van der Waals surface area (Å²) in [6, 6.07) is 0. The molecule has 0 amide bonds. The molecule has 0 spiro atoms. The van der Waals surface area contributed by atoms with Crippen molar-refractivity contribution in [1.29, 1.82) is 0 Å². The van der Waals surface area contributed by atoms with Gasteiger partial charge >= 0.3 is 5.97 Å². The highest BCUT2D eigenvalue weighted by Gasteiger charge is 1.95. The topological polar surface area (TPSA) is 37.3 Å². The van der Waals surface area contributed by atoms with Crippen molar-refractivity contribution >= 4 is 5.97 Å². The van der Waals surface area contributed by atoms with Crippen molar-refractivity contribution in [3.8, 4) is 0 Å². The van der Waals surface area contributed by atoms with Gasteiger partial charge in [-0.3, -0.25) is 4.79 Å². The Bertz CT molecular complexity index is 168. The molecular formula is C9H14O2. The van der Waals surface area contributed by atoms with Gasteiger partial charge in [-0.25, -0.2) is 0 Å². The van der Waals surface area contributed by atoms with E-state index in [1.807, 2.05) is 6.08 Å². The van der Waals surface area contributed by atoms with Crippen LogP contribution in [0.2, 0.25) is 0 Å². The van der Waals surface area contributed by atoms with Gasteiger partial charge in [0.15, 0.2) is 0 Å². The van der Waals surface area contributed by atoms with Gasteiger partial charge in [0.25, 0.3) is 0 Å². The predicted molar refractivity (Wildman–Crippen MR) is 45.4 cm³/mol. The molecule has 0 bridgehead atoms. The average Bonchev–Trinajstić information content (AvgIpc) is 1.86. The number of carboxylic acid groups (broad SMARTS) is 1. The maximum absolute atomic E-state index is 10.1. The third kappa shape index (κ3) is 6.84. The summed E-state index contributed by atoms with van der Waals surface area (Å²) in [5.74, 6) is -0.823. The van der Waals surface area contributed by atoms with Crippen molar-refractivity contribution < 1.29 is 9.90 Å². The lowest BCUT2D eigenvalue weighted by atomic mass is 10.2. The molecule has 0 atom stereocenters. The third-order valence-corrected chi connectivity index (χ3v) is 1.19. The van der Waals surface area contributed by atoms with E-state index in [0.29, 0.717) is 5.57 Å². The Morgan fingerprint density at radius 1 is 1.64 bits per heavy atom. The average molecular weight is 154 g/mol. The minimum atomic E-state index is -0.823. The van der Waals surface area contributed by atoms with Crippen LogP contribution in [0.25, 0.3) is 0 Å². The van der Waals surface area contributed by atoms with Crippen LogP contribution >= 0.6 is 0 Å². The highest BCUT2D eigenvalue weighted by atomic mass is 16.4. The molecule has 0 aliphatic carbocycles. The SMILES string of the molecule is C=C(/C=C/CCC)CC(=O)O. The molecule has 0 aromatic heterocycles. The Morgan fingerprint density at radius 3 is 2.73 bits per heavy atom. The molecule has 62 valence electrons. The van der Waals surface area contributed by atoms with Crippen LogP contribution in [0.15, 0.2) is 24.3 Å². The highest BCUT2D eigenvalue weighted by molar-refractivity contribution is 5.70. The first-order valence-corrected chi connectivity index (χ1v) is 3.73. The lowest BCUT2D eigenvalue weighted by Crippen LogP contribution is -1.94. The van der Waals surface area contributed by atoms with Gasteiger partial charge in [0.1, 0.15) is 0 Å². The third-order valence-electron chi connectivity index (χ3n) is 1.19. The van der Waals surface area contributed by atoms with E-state index in [2.05, 4.69) is 13.5 Å². The molecule has 0 radical (unpaired) electrons. The van der Waals surface area contributed by atoms with Gasteiger partial charge in [-0.05, 0) is 12.0 Å². The minimum Gasteiger partial charge on any atom is -0.481 e. The summed E-state index contributed by atoms with van der Waals surface area (Å²) in [5.41, 5.74) is 0.658. The van der Waals surface area contributed by atoms with Crippen LogP contribution in [-0.4, -0.2) is 11.1 Å². The fraction of sp³-hybridized carbons (Fsp3) is 0.444. The van der Waals surface area contributed by atoms with Crippen LogP contribution in [0.3, 0.4) is 0 Å². The first kappa shape index (κ1) is 9.95. The summed E-state index contributed by atoms with van der Waals surface area (Å²) in [4.78, 5) is 10.1. The largest absolute Gasteiger partial charge is 0.481 e. The van der Waals surface area contributed by atoms with Gasteiger partial charge in [0.2, 0.25) is 0 Å². The van der Waals surface area contributed by atoms with E-state index in [1.165, 1.54) is 0 Å². The molecule has 0 aliphatic rings. The minimum absolute atomic E-state index is 0.0419. The molecule has 1 N–H and O–H groups in total. The second kappa shape index (κ2) is 5.71. The molecule has 0 aromatic carbocycles. The Morgan fingerprint density at radius 2 is 2.27 bits per heavy atom. The number of rotatable bonds is 5. The Kier molecular flexibility index (Phi) is 5.17. The normalized spacial score (nSPS) is 10.3. The molecule has 0 rings (SSSR count). The molecule has 0 fully saturated rings. The van der Waals surface area contributed by atoms with Crippen LogP contribution in [0.5, 0.6) is 0 Å². The Balaban J connectivity index is 3.60. The maximum atomic E-state index is 10.1. The van der Waals surface area contributed by atoms with Crippen molar-refractivity contribution in [2.24, 2.45) is 0 Å². The molecule has 0 aromatic rings. The molecule has 0 saturated carbocycles. The number of hydrogen-bond acceptors (Lipinski definition) is 1. The summed E-state index contributed by atoms with van der Waals surface area (Å²) < 4.78 is 0. The summed E-state index contributed by atoms with van der Waals surface area (Å²) in [6.45, 7) is 5.67. The van der Waals surface area contributed by atoms with Gasteiger partial charge in [-0.1, -0.05) is 32.1 Å². The van der Waals surface area contributed by atoms with Crippen molar-refractivity contribution in [1.82, 2.24) is 0 Å². The highest BCUT2D eigenvalue weighted by Crippen LogP contribution is 2.01. The number of unbranched alkanes of at least 4 members (excludes halogenated alkanes) is 1. The first-order chi connectivity index (χ1) is 5.16. The molecule has 0 aliphatic heterocycles. The molecule has 0 saturated heterocycles. The molecule has 0 heterocycles. The van der Waals surface area contributed by atoms with E-state index in [0.717, 1.165) is 12.8 Å². The fourth-order valence-corrected chi connectivity index (χ4v) is 0.670. The fourth-order valence-electron chi connectivity index (χ4n) is 0.670. The smallest absolute Gasteiger partial charge is 0.307 e. The van der Waals surface area contributed by atoms with E-state index in [9.17, 15) is 4.79 Å². The van der Waals surface area contributed by atoms with Gasteiger partial charge in [0.05, 0.1) is 6.42 Å². The monoisotopic (exact) mass is 154 g/mol. The van der Waals surface area contributed by atoms with Crippen molar-refractivity contribution in [2.75, 3.05) is 0 Å². The number of aliphatic carboxylic acids is 1. The zero-order valence-electron chi connectivity index (χ0n) is 6.84.